The summed E-state index contributed by atoms with van der Waals surface area (Å²) in [6.45, 7) is 3.80. The summed E-state index contributed by atoms with van der Waals surface area (Å²) in [4.78, 5) is 27.1. The van der Waals surface area contributed by atoms with Gasteiger partial charge in [-0.3, -0.25) is 9.59 Å². The van der Waals surface area contributed by atoms with Crippen molar-refractivity contribution in [3.63, 3.8) is 0 Å². The van der Waals surface area contributed by atoms with Crippen LogP contribution in [0.15, 0.2) is 69.8 Å². The minimum absolute atomic E-state index is 0.129. The third kappa shape index (κ3) is 4.73. The van der Waals surface area contributed by atoms with Crippen LogP contribution < -0.4 is 10.2 Å². The van der Waals surface area contributed by atoms with Crippen LogP contribution in [0.5, 0.6) is 0 Å². The second-order valence-electron chi connectivity index (χ2n) is 6.57. The molecular weight excluding hydrogens is 434 g/mol. The van der Waals surface area contributed by atoms with Crippen LogP contribution in [0.1, 0.15) is 40.3 Å². The molecule has 7 heteroatoms. The number of hydrogen-bond donors (Lipinski definition) is 1. The van der Waals surface area contributed by atoms with Crippen molar-refractivity contribution in [2.24, 2.45) is 0 Å². The lowest BCUT2D eigenvalue weighted by Gasteiger charge is -2.27. The minimum Gasteiger partial charge on any atom is -0.444 e. The maximum Gasteiger partial charge on any atom is 0.291 e. The van der Waals surface area contributed by atoms with Gasteiger partial charge in [0, 0.05) is 23.0 Å². The number of anilines is 2. The highest BCUT2D eigenvalue weighted by molar-refractivity contribution is 9.10. The van der Waals surface area contributed by atoms with Crippen molar-refractivity contribution in [2.75, 3.05) is 10.2 Å². The Balaban J connectivity index is 1.86. The molecule has 1 N–H and O–H groups in total. The molecule has 0 unspecified atom stereocenters. The molecular formula is C22H18BrN3O3. The first-order valence-electron chi connectivity index (χ1n) is 8.89. The van der Waals surface area contributed by atoms with Gasteiger partial charge in [0.2, 0.25) is 0 Å². The molecule has 0 saturated heterocycles. The fraction of sp³-hybridized carbons (Fsp3) is 0.136. The van der Waals surface area contributed by atoms with E-state index in [4.69, 9.17) is 9.68 Å². The Morgan fingerprint density at radius 3 is 2.52 bits per heavy atom. The van der Waals surface area contributed by atoms with Gasteiger partial charge in [-0.25, -0.2) is 0 Å². The SMILES string of the molecule is CC(C)N(C(=O)c1cccc(NC(=O)c2ccc(Br)o2)c1)c1cccc(C#N)c1. The Bertz CT molecular complexity index is 1100. The molecule has 1 heterocycles. The van der Waals surface area contributed by atoms with Gasteiger partial charge in [0.15, 0.2) is 10.4 Å². The van der Waals surface area contributed by atoms with Crippen LogP contribution in [0, 0.1) is 11.3 Å². The highest BCUT2D eigenvalue weighted by Gasteiger charge is 2.21. The highest BCUT2D eigenvalue weighted by atomic mass is 79.9. The standard InChI is InChI=1S/C22H18BrN3O3/c1-14(2)26(18-8-3-5-15(11-18)13-24)22(28)16-6-4-7-17(12-16)25-21(27)19-9-10-20(23)29-19/h3-12,14H,1-2H3,(H,25,27). The van der Waals surface area contributed by atoms with E-state index in [1.165, 1.54) is 0 Å². The summed E-state index contributed by atoms with van der Waals surface area (Å²) in [6, 6.07) is 18.7. The number of carbonyl (C=O) groups excluding carboxylic acids is 2. The third-order valence-corrected chi connectivity index (χ3v) is 4.58. The smallest absolute Gasteiger partial charge is 0.291 e. The molecule has 2 aromatic carbocycles. The first-order valence-corrected chi connectivity index (χ1v) is 9.69. The van der Waals surface area contributed by atoms with E-state index in [0.29, 0.717) is 27.2 Å². The predicted octanol–water partition coefficient (Wildman–Crippen LogP) is 5.22. The van der Waals surface area contributed by atoms with Crippen molar-refractivity contribution in [3.05, 3.63) is 82.2 Å². The molecule has 0 fully saturated rings. The zero-order chi connectivity index (χ0) is 21.0. The summed E-state index contributed by atoms with van der Waals surface area (Å²) in [5, 5.41) is 11.9. The van der Waals surface area contributed by atoms with Crippen molar-refractivity contribution in [3.8, 4) is 6.07 Å². The zero-order valence-electron chi connectivity index (χ0n) is 15.8. The number of furan rings is 1. The summed E-state index contributed by atoms with van der Waals surface area (Å²) in [6.07, 6.45) is 0. The number of rotatable bonds is 5. The summed E-state index contributed by atoms with van der Waals surface area (Å²) >= 11 is 3.16. The van der Waals surface area contributed by atoms with Crippen molar-refractivity contribution >= 4 is 39.1 Å². The fourth-order valence-electron chi connectivity index (χ4n) is 2.87. The molecule has 0 atom stereocenters. The molecule has 0 spiro atoms. The molecule has 0 bridgehead atoms. The number of hydrogen-bond acceptors (Lipinski definition) is 4. The summed E-state index contributed by atoms with van der Waals surface area (Å²) in [5.41, 5.74) is 2.01. The fourth-order valence-corrected chi connectivity index (χ4v) is 3.18. The first kappa shape index (κ1) is 20.4. The molecule has 3 rings (SSSR count). The number of carbonyl (C=O) groups is 2. The largest absolute Gasteiger partial charge is 0.444 e. The topological polar surface area (TPSA) is 86.3 Å². The van der Waals surface area contributed by atoms with E-state index >= 15 is 0 Å². The predicted molar refractivity (Wildman–Crippen MR) is 114 cm³/mol. The summed E-state index contributed by atoms with van der Waals surface area (Å²) < 4.78 is 5.70. The van der Waals surface area contributed by atoms with E-state index in [1.807, 2.05) is 13.8 Å². The first-order chi connectivity index (χ1) is 13.9. The van der Waals surface area contributed by atoms with E-state index in [9.17, 15) is 9.59 Å². The number of halogens is 1. The normalized spacial score (nSPS) is 10.4. The Morgan fingerprint density at radius 1 is 1.10 bits per heavy atom. The van der Waals surface area contributed by atoms with E-state index in [2.05, 4.69) is 27.3 Å². The van der Waals surface area contributed by atoms with Crippen LogP contribution >= 0.6 is 15.9 Å². The Labute approximate surface area is 176 Å². The lowest BCUT2D eigenvalue weighted by Crippen LogP contribution is -2.37. The molecule has 2 amide bonds. The van der Waals surface area contributed by atoms with E-state index in [1.54, 1.807) is 65.6 Å². The van der Waals surface area contributed by atoms with Gasteiger partial charge in [0.1, 0.15) is 0 Å². The van der Waals surface area contributed by atoms with Gasteiger partial charge < -0.3 is 14.6 Å². The van der Waals surface area contributed by atoms with Gasteiger partial charge in [0.25, 0.3) is 11.8 Å². The van der Waals surface area contributed by atoms with E-state index < -0.39 is 5.91 Å². The van der Waals surface area contributed by atoms with Crippen molar-refractivity contribution in [1.29, 1.82) is 5.26 Å². The van der Waals surface area contributed by atoms with Gasteiger partial charge in [-0.15, -0.1) is 0 Å². The maximum atomic E-state index is 13.2. The Kier molecular flexibility index (Phi) is 6.15. The van der Waals surface area contributed by atoms with E-state index in [0.717, 1.165) is 0 Å². The average molecular weight is 452 g/mol. The lowest BCUT2D eigenvalue weighted by molar-refractivity contribution is 0.0975. The minimum atomic E-state index is -0.414. The van der Waals surface area contributed by atoms with Crippen LogP contribution in [0.25, 0.3) is 0 Å². The number of amides is 2. The Morgan fingerprint density at radius 2 is 1.86 bits per heavy atom. The quantitative estimate of drug-likeness (QED) is 0.575. The highest BCUT2D eigenvalue weighted by Crippen LogP contribution is 2.23. The second kappa shape index (κ2) is 8.76. The number of nitrogens with one attached hydrogen (secondary N) is 1. The second-order valence-corrected chi connectivity index (χ2v) is 7.35. The molecule has 0 aliphatic rings. The monoisotopic (exact) mass is 451 g/mol. The average Bonchev–Trinajstić information content (AvgIpc) is 3.14. The molecule has 1 aromatic heterocycles. The number of benzene rings is 2. The van der Waals surface area contributed by atoms with Crippen LogP contribution in [0.2, 0.25) is 0 Å². The summed E-state index contributed by atoms with van der Waals surface area (Å²) in [7, 11) is 0. The van der Waals surface area contributed by atoms with Crippen molar-refractivity contribution in [2.45, 2.75) is 19.9 Å². The zero-order valence-corrected chi connectivity index (χ0v) is 17.4. The van der Waals surface area contributed by atoms with Gasteiger partial charge in [-0.1, -0.05) is 12.1 Å². The molecule has 0 saturated carbocycles. The third-order valence-electron chi connectivity index (χ3n) is 4.15. The maximum absolute atomic E-state index is 13.2. The molecule has 0 aliphatic carbocycles. The lowest BCUT2D eigenvalue weighted by atomic mass is 10.1. The van der Waals surface area contributed by atoms with Crippen LogP contribution in [-0.4, -0.2) is 17.9 Å². The Hall–Kier alpha value is -3.37. The van der Waals surface area contributed by atoms with E-state index in [-0.39, 0.29) is 17.7 Å². The number of nitriles is 1. The van der Waals surface area contributed by atoms with Crippen LogP contribution in [0.3, 0.4) is 0 Å². The van der Waals surface area contributed by atoms with Crippen LogP contribution in [-0.2, 0) is 0 Å². The molecule has 6 nitrogen and oxygen atoms in total. The van der Waals surface area contributed by atoms with Gasteiger partial charge in [-0.2, -0.15) is 5.26 Å². The summed E-state index contributed by atoms with van der Waals surface area (Å²) in [5.74, 6) is -0.486. The molecule has 3 aromatic rings. The number of nitrogens with zero attached hydrogens (tertiary/aromatic N) is 2. The molecule has 146 valence electrons. The van der Waals surface area contributed by atoms with Crippen molar-refractivity contribution < 1.29 is 14.0 Å². The molecule has 0 radical (unpaired) electrons. The van der Waals surface area contributed by atoms with Gasteiger partial charge >= 0.3 is 0 Å². The molecule has 29 heavy (non-hydrogen) atoms. The van der Waals surface area contributed by atoms with Gasteiger partial charge in [-0.05, 0) is 78.3 Å². The van der Waals surface area contributed by atoms with Gasteiger partial charge in [0.05, 0.1) is 11.6 Å². The van der Waals surface area contributed by atoms with Crippen molar-refractivity contribution in [1.82, 2.24) is 0 Å². The molecule has 0 aliphatic heterocycles. The van der Waals surface area contributed by atoms with Crippen LogP contribution in [0.4, 0.5) is 11.4 Å².